The lowest BCUT2D eigenvalue weighted by molar-refractivity contribution is 0.833. The first-order valence-corrected chi connectivity index (χ1v) is 5.01. The van der Waals surface area contributed by atoms with Crippen molar-refractivity contribution in [1.82, 2.24) is 4.98 Å². The fourth-order valence-electron chi connectivity index (χ4n) is 1.18. The van der Waals surface area contributed by atoms with Gasteiger partial charge in [-0.25, -0.2) is 0 Å². The van der Waals surface area contributed by atoms with Crippen LogP contribution in [0.2, 0.25) is 0 Å². The zero-order chi connectivity index (χ0) is 9.10. The van der Waals surface area contributed by atoms with Gasteiger partial charge in [0.15, 0.2) is 0 Å². The Hall–Kier alpha value is -1.19. The monoisotopic (exact) mass is 190 g/mol. The number of nitrogens with zero attached hydrogens (tertiary/aromatic N) is 1. The Labute approximate surface area is 81.1 Å². The van der Waals surface area contributed by atoms with Crippen LogP contribution in [0, 0.1) is 0 Å². The highest BCUT2D eigenvalue weighted by atomic mass is 32.1. The topological polar surface area (TPSA) is 38.9 Å². The van der Waals surface area contributed by atoms with E-state index in [1.807, 2.05) is 29.6 Å². The minimum atomic E-state index is -0.0903. The van der Waals surface area contributed by atoms with Crippen LogP contribution in [0.5, 0.6) is 0 Å². The van der Waals surface area contributed by atoms with E-state index < -0.39 is 0 Å². The third kappa shape index (κ3) is 1.76. The molecule has 1 unspecified atom stereocenters. The lowest BCUT2D eigenvalue weighted by atomic mass is 10.1. The zero-order valence-electron chi connectivity index (χ0n) is 7.05. The van der Waals surface area contributed by atoms with Crippen LogP contribution in [0.4, 0.5) is 0 Å². The quantitative estimate of drug-likeness (QED) is 0.788. The molecule has 0 aliphatic heterocycles. The molecule has 2 N–H and O–H groups in total. The summed E-state index contributed by atoms with van der Waals surface area (Å²) in [4.78, 5) is 4.21. The van der Waals surface area contributed by atoms with Crippen molar-refractivity contribution in [2.24, 2.45) is 5.73 Å². The van der Waals surface area contributed by atoms with Crippen molar-refractivity contribution in [3.63, 3.8) is 0 Å². The Morgan fingerprint density at radius 3 is 2.85 bits per heavy atom. The van der Waals surface area contributed by atoms with Gasteiger partial charge >= 0.3 is 0 Å². The minimum Gasteiger partial charge on any atom is -0.319 e. The van der Waals surface area contributed by atoms with Gasteiger partial charge in [-0.15, -0.1) is 0 Å². The van der Waals surface area contributed by atoms with Gasteiger partial charge in [0.2, 0.25) is 0 Å². The Bertz CT molecular complexity index is 356. The molecule has 3 heteroatoms. The second-order valence-corrected chi connectivity index (χ2v) is 3.57. The summed E-state index contributed by atoms with van der Waals surface area (Å²) < 4.78 is 0. The first kappa shape index (κ1) is 8.41. The summed E-state index contributed by atoms with van der Waals surface area (Å²) in [5.41, 5.74) is 8.05. The third-order valence-electron chi connectivity index (χ3n) is 1.91. The van der Waals surface area contributed by atoms with E-state index in [1.165, 1.54) is 0 Å². The molecule has 0 aromatic carbocycles. The van der Waals surface area contributed by atoms with Crippen LogP contribution in [0.3, 0.4) is 0 Å². The first-order chi connectivity index (χ1) is 6.38. The molecular formula is C10H10N2S. The molecule has 0 radical (unpaired) electrons. The predicted molar refractivity (Wildman–Crippen MR) is 54.6 cm³/mol. The summed E-state index contributed by atoms with van der Waals surface area (Å²) >= 11 is 1.65. The van der Waals surface area contributed by atoms with Crippen molar-refractivity contribution in [2.75, 3.05) is 0 Å². The van der Waals surface area contributed by atoms with Gasteiger partial charge in [0, 0.05) is 6.20 Å². The maximum Gasteiger partial charge on any atom is 0.0734 e. The van der Waals surface area contributed by atoms with Crippen molar-refractivity contribution in [3.05, 3.63) is 52.5 Å². The lowest BCUT2D eigenvalue weighted by Crippen LogP contribution is -2.12. The summed E-state index contributed by atoms with van der Waals surface area (Å²) in [5, 5.41) is 4.08. The van der Waals surface area contributed by atoms with E-state index in [0.717, 1.165) is 11.3 Å². The molecule has 2 nitrogen and oxygen atoms in total. The Kier molecular flexibility index (Phi) is 2.38. The highest BCUT2D eigenvalue weighted by Crippen LogP contribution is 2.19. The van der Waals surface area contributed by atoms with Crippen molar-refractivity contribution in [2.45, 2.75) is 6.04 Å². The SMILES string of the molecule is NC(c1ccsc1)c1ccccn1. The van der Waals surface area contributed by atoms with Crippen molar-refractivity contribution < 1.29 is 0 Å². The molecule has 0 amide bonds. The summed E-state index contributed by atoms with van der Waals surface area (Å²) in [7, 11) is 0. The Balaban J connectivity index is 2.29. The highest BCUT2D eigenvalue weighted by Gasteiger charge is 2.08. The lowest BCUT2D eigenvalue weighted by Gasteiger charge is -2.07. The molecule has 0 aliphatic rings. The van der Waals surface area contributed by atoms with Crippen molar-refractivity contribution in [3.8, 4) is 0 Å². The minimum absolute atomic E-state index is 0.0903. The van der Waals surface area contributed by atoms with Gasteiger partial charge in [-0.3, -0.25) is 4.98 Å². The zero-order valence-corrected chi connectivity index (χ0v) is 7.87. The maximum atomic E-state index is 6.00. The molecule has 0 spiro atoms. The van der Waals surface area contributed by atoms with Crippen LogP contribution in [0.25, 0.3) is 0 Å². The number of rotatable bonds is 2. The number of hydrogen-bond acceptors (Lipinski definition) is 3. The van der Waals surface area contributed by atoms with Crippen LogP contribution in [-0.4, -0.2) is 4.98 Å². The van der Waals surface area contributed by atoms with Crippen LogP contribution in [0.1, 0.15) is 17.3 Å². The van der Waals surface area contributed by atoms with E-state index in [4.69, 9.17) is 5.73 Å². The molecule has 0 fully saturated rings. The maximum absolute atomic E-state index is 6.00. The second kappa shape index (κ2) is 3.68. The summed E-state index contributed by atoms with van der Waals surface area (Å²) in [5.74, 6) is 0. The van der Waals surface area contributed by atoms with E-state index in [-0.39, 0.29) is 6.04 Å². The molecule has 0 saturated heterocycles. The molecule has 2 aromatic heterocycles. The van der Waals surface area contributed by atoms with E-state index in [1.54, 1.807) is 17.5 Å². The summed E-state index contributed by atoms with van der Waals surface area (Å²) in [6.07, 6.45) is 1.77. The molecule has 1 atom stereocenters. The van der Waals surface area contributed by atoms with E-state index >= 15 is 0 Å². The molecule has 2 heterocycles. The van der Waals surface area contributed by atoms with Crippen molar-refractivity contribution >= 4 is 11.3 Å². The van der Waals surface area contributed by atoms with Crippen molar-refractivity contribution in [1.29, 1.82) is 0 Å². The fourth-order valence-corrected chi connectivity index (χ4v) is 1.88. The Morgan fingerprint density at radius 2 is 2.23 bits per heavy atom. The number of nitrogens with two attached hydrogens (primary N) is 1. The summed E-state index contributed by atoms with van der Waals surface area (Å²) in [6, 6.07) is 7.73. The van der Waals surface area contributed by atoms with Crippen LogP contribution < -0.4 is 5.73 Å². The van der Waals surface area contributed by atoms with Gasteiger partial charge < -0.3 is 5.73 Å². The Morgan fingerprint density at radius 1 is 1.31 bits per heavy atom. The molecule has 2 rings (SSSR count). The highest BCUT2D eigenvalue weighted by molar-refractivity contribution is 7.07. The predicted octanol–water partition coefficient (Wildman–Crippen LogP) is 2.19. The number of thiophene rings is 1. The standard InChI is InChI=1S/C10H10N2S/c11-10(8-4-6-13-7-8)9-3-1-2-5-12-9/h1-7,10H,11H2. The van der Waals surface area contributed by atoms with Crippen LogP contribution in [-0.2, 0) is 0 Å². The van der Waals surface area contributed by atoms with E-state index in [2.05, 4.69) is 10.4 Å². The van der Waals surface area contributed by atoms with E-state index in [9.17, 15) is 0 Å². The summed E-state index contributed by atoms with van der Waals surface area (Å²) in [6.45, 7) is 0. The van der Waals surface area contributed by atoms with E-state index in [0.29, 0.717) is 0 Å². The molecule has 66 valence electrons. The van der Waals surface area contributed by atoms with Gasteiger partial charge in [-0.05, 0) is 34.5 Å². The second-order valence-electron chi connectivity index (χ2n) is 2.79. The number of hydrogen-bond donors (Lipinski definition) is 1. The molecule has 2 aromatic rings. The normalized spacial score (nSPS) is 12.7. The van der Waals surface area contributed by atoms with Gasteiger partial charge in [-0.2, -0.15) is 11.3 Å². The smallest absolute Gasteiger partial charge is 0.0734 e. The fraction of sp³-hybridized carbons (Fsp3) is 0.100. The molecule has 0 aliphatic carbocycles. The number of pyridine rings is 1. The van der Waals surface area contributed by atoms with Gasteiger partial charge in [0.25, 0.3) is 0 Å². The van der Waals surface area contributed by atoms with Crippen LogP contribution in [0.15, 0.2) is 41.2 Å². The first-order valence-electron chi connectivity index (χ1n) is 4.06. The molecular weight excluding hydrogens is 180 g/mol. The van der Waals surface area contributed by atoms with Gasteiger partial charge in [-0.1, -0.05) is 6.07 Å². The van der Waals surface area contributed by atoms with Gasteiger partial charge in [0.05, 0.1) is 11.7 Å². The average Bonchev–Trinajstić information content (AvgIpc) is 2.71. The third-order valence-corrected chi connectivity index (χ3v) is 2.61. The molecule has 0 saturated carbocycles. The molecule has 13 heavy (non-hydrogen) atoms. The molecule has 0 bridgehead atoms. The average molecular weight is 190 g/mol. The number of aromatic nitrogens is 1. The van der Waals surface area contributed by atoms with Gasteiger partial charge in [0.1, 0.15) is 0 Å². The largest absolute Gasteiger partial charge is 0.319 e. The van der Waals surface area contributed by atoms with Crippen LogP contribution >= 0.6 is 11.3 Å².